The SMILES string of the molecule is O=C(Nc1cc(Br)cnc1Cl)c1c(F)cc(Br)cc1F. The predicted octanol–water partition coefficient (Wildman–Crippen LogP) is 4.79. The Morgan fingerprint density at radius 3 is 2.35 bits per heavy atom. The van der Waals surface area contributed by atoms with Gasteiger partial charge < -0.3 is 5.32 Å². The number of aromatic nitrogens is 1. The smallest absolute Gasteiger partial charge is 0.261 e. The van der Waals surface area contributed by atoms with E-state index in [9.17, 15) is 13.6 Å². The molecule has 3 nitrogen and oxygen atoms in total. The summed E-state index contributed by atoms with van der Waals surface area (Å²) in [6.07, 6.45) is 1.43. The number of amides is 1. The largest absolute Gasteiger partial charge is 0.319 e. The summed E-state index contributed by atoms with van der Waals surface area (Å²) in [6.45, 7) is 0. The van der Waals surface area contributed by atoms with Crippen molar-refractivity contribution in [3.63, 3.8) is 0 Å². The summed E-state index contributed by atoms with van der Waals surface area (Å²) in [7, 11) is 0. The Morgan fingerprint density at radius 2 is 1.75 bits per heavy atom. The molecule has 0 aliphatic carbocycles. The third kappa shape index (κ3) is 3.34. The van der Waals surface area contributed by atoms with Crippen molar-refractivity contribution in [1.82, 2.24) is 4.98 Å². The van der Waals surface area contributed by atoms with Crippen LogP contribution in [0.15, 0.2) is 33.3 Å². The van der Waals surface area contributed by atoms with E-state index in [1.54, 1.807) is 0 Å². The van der Waals surface area contributed by atoms with E-state index < -0.39 is 23.1 Å². The number of pyridine rings is 1. The lowest BCUT2D eigenvalue weighted by molar-refractivity contribution is 0.101. The lowest BCUT2D eigenvalue weighted by Gasteiger charge is -2.09. The fourth-order valence-corrected chi connectivity index (χ4v) is 2.34. The van der Waals surface area contributed by atoms with Gasteiger partial charge in [0.1, 0.15) is 17.2 Å². The van der Waals surface area contributed by atoms with Gasteiger partial charge in [0, 0.05) is 15.1 Å². The van der Waals surface area contributed by atoms with Crippen LogP contribution in [0.3, 0.4) is 0 Å². The average Bonchev–Trinajstić information content (AvgIpc) is 2.32. The Bertz CT molecular complexity index is 674. The van der Waals surface area contributed by atoms with E-state index in [0.717, 1.165) is 12.1 Å². The van der Waals surface area contributed by atoms with Crippen LogP contribution < -0.4 is 5.32 Å². The van der Waals surface area contributed by atoms with E-state index in [1.165, 1.54) is 12.3 Å². The van der Waals surface area contributed by atoms with Crippen molar-refractivity contribution in [3.05, 3.63) is 55.7 Å². The Balaban J connectivity index is 2.36. The molecule has 0 saturated heterocycles. The van der Waals surface area contributed by atoms with Crippen molar-refractivity contribution in [1.29, 1.82) is 0 Å². The molecule has 20 heavy (non-hydrogen) atoms. The van der Waals surface area contributed by atoms with Crippen molar-refractivity contribution < 1.29 is 13.6 Å². The Labute approximate surface area is 134 Å². The number of benzene rings is 1. The molecule has 0 aliphatic rings. The third-order valence-electron chi connectivity index (χ3n) is 2.29. The Kier molecular flexibility index (Phi) is 4.72. The molecule has 0 aliphatic heterocycles. The van der Waals surface area contributed by atoms with Gasteiger partial charge in [-0.1, -0.05) is 27.5 Å². The first-order chi connectivity index (χ1) is 9.38. The van der Waals surface area contributed by atoms with Crippen LogP contribution in [0, 0.1) is 11.6 Å². The van der Waals surface area contributed by atoms with Gasteiger partial charge in [-0.05, 0) is 34.1 Å². The van der Waals surface area contributed by atoms with E-state index in [0.29, 0.717) is 4.47 Å². The number of halogens is 5. The van der Waals surface area contributed by atoms with Gasteiger partial charge in [-0.25, -0.2) is 13.8 Å². The molecular formula is C12H5Br2ClF2N2O. The molecule has 0 atom stereocenters. The average molecular weight is 426 g/mol. The summed E-state index contributed by atoms with van der Waals surface area (Å²) >= 11 is 11.9. The van der Waals surface area contributed by atoms with E-state index in [1.807, 2.05) is 0 Å². The molecule has 104 valence electrons. The molecule has 1 amide bonds. The molecule has 2 rings (SSSR count). The Morgan fingerprint density at radius 1 is 1.15 bits per heavy atom. The fraction of sp³-hybridized carbons (Fsp3) is 0. The summed E-state index contributed by atoms with van der Waals surface area (Å²) < 4.78 is 28.1. The first-order valence-electron chi connectivity index (χ1n) is 5.15. The van der Waals surface area contributed by atoms with Gasteiger partial charge >= 0.3 is 0 Å². The number of nitrogens with zero attached hydrogens (tertiary/aromatic N) is 1. The zero-order chi connectivity index (χ0) is 14.9. The molecule has 0 fully saturated rings. The number of nitrogens with one attached hydrogen (secondary N) is 1. The highest BCUT2D eigenvalue weighted by molar-refractivity contribution is 9.10. The maximum Gasteiger partial charge on any atom is 0.261 e. The van der Waals surface area contributed by atoms with Crippen molar-refractivity contribution in [2.75, 3.05) is 5.32 Å². The summed E-state index contributed by atoms with van der Waals surface area (Å²) in [6, 6.07) is 3.47. The highest BCUT2D eigenvalue weighted by Gasteiger charge is 2.19. The summed E-state index contributed by atoms with van der Waals surface area (Å²) in [5.74, 6) is -2.91. The number of hydrogen-bond acceptors (Lipinski definition) is 2. The van der Waals surface area contributed by atoms with Crippen molar-refractivity contribution in [2.24, 2.45) is 0 Å². The van der Waals surface area contributed by atoms with Crippen molar-refractivity contribution >= 4 is 55.1 Å². The van der Waals surface area contributed by atoms with Crippen LogP contribution in [-0.4, -0.2) is 10.9 Å². The van der Waals surface area contributed by atoms with Crippen molar-refractivity contribution in [2.45, 2.75) is 0 Å². The molecule has 1 aromatic heterocycles. The monoisotopic (exact) mass is 424 g/mol. The first kappa shape index (κ1) is 15.3. The molecule has 1 N–H and O–H groups in total. The van der Waals surface area contributed by atoms with Crippen LogP contribution >= 0.6 is 43.5 Å². The van der Waals surface area contributed by atoms with E-state index in [4.69, 9.17) is 11.6 Å². The topological polar surface area (TPSA) is 42.0 Å². The van der Waals surface area contributed by atoms with Gasteiger partial charge in [0.2, 0.25) is 0 Å². The van der Waals surface area contributed by atoms with Crippen LogP contribution in [0.5, 0.6) is 0 Å². The number of rotatable bonds is 2. The summed E-state index contributed by atoms with van der Waals surface area (Å²) in [4.78, 5) is 15.7. The molecule has 0 bridgehead atoms. The van der Waals surface area contributed by atoms with Crippen LogP contribution in [0.2, 0.25) is 5.15 Å². The number of anilines is 1. The highest BCUT2D eigenvalue weighted by Crippen LogP contribution is 2.25. The zero-order valence-electron chi connectivity index (χ0n) is 9.55. The van der Waals surface area contributed by atoms with Gasteiger partial charge in [0.15, 0.2) is 5.15 Å². The number of hydrogen-bond donors (Lipinski definition) is 1. The second-order valence-electron chi connectivity index (χ2n) is 3.69. The standard InChI is InChI=1S/C12H5Br2ClF2N2O/c13-5-1-7(16)10(8(17)2-5)12(20)19-9-3-6(14)4-18-11(9)15/h1-4H,(H,19,20). The minimum absolute atomic E-state index is 0.0134. The third-order valence-corrected chi connectivity index (χ3v) is 3.48. The van der Waals surface area contributed by atoms with Gasteiger partial charge in [-0.15, -0.1) is 0 Å². The predicted molar refractivity (Wildman–Crippen MR) is 79.0 cm³/mol. The van der Waals surface area contributed by atoms with Crippen LogP contribution in [-0.2, 0) is 0 Å². The quantitative estimate of drug-likeness (QED) is 0.702. The van der Waals surface area contributed by atoms with Crippen LogP contribution in [0.4, 0.5) is 14.5 Å². The van der Waals surface area contributed by atoms with Gasteiger partial charge in [-0.3, -0.25) is 4.79 Å². The molecule has 2 aromatic rings. The molecule has 0 spiro atoms. The van der Waals surface area contributed by atoms with Crippen LogP contribution in [0.25, 0.3) is 0 Å². The molecule has 1 heterocycles. The van der Waals surface area contributed by atoms with E-state index >= 15 is 0 Å². The molecular weight excluding hydrogens is 421 g/mol. The lowest BCUT2D eigenvalue weighted by Crippen LogP contribution is -2.16. The number of carbonyl (C=O) groups excluding carboxylic acids is 1. The molecule has 0 radical (unpaired) electrons. The molecule has 0 saturated carbocycles. The van der Waals surface area contributed by atoms with Crippen molar-refractivity contribution in [3.8, 4) is 0 Å². The minimum Gasteiger partial charge on any atom is -0.319 e. The fourth-order valence-electron chi connectivity index (χ4n) is 1.45. The molecule has 1 aromatic carbocycles. The van der Waals surface area contributed by atoms with E-state index in [2.05, 4.69) is 42.2 Å². The van der Waals surface area contributed by atoms with Gasteiger partial charge in [0.25, 0.3) is 5.91 Å². The lowest BCUT2D eigenvalue weighted by atomic mass is 10.2. The normalized spacial score (nSPS) is 10.4. The maximum atomic E-state index is 13.7. The van der Waals surface area contributed by atoms with Crippen LogP contribution in [0.1, 0.15) is 10.4 Å². The zero-order valence-corrected chi connectivity index (χ0v) is 13.5. The first-order valence-corrected chi connectivity index (χ1v) is 7.12. The minimum atomic E-state index is -0.978. The summed E-state index contributed by atoms with van der Waals surface area (Å²) in [5.41, 5.74) is -0.544. The number of carbonyl (C=O) groups is 1. The maximum absolute atomic E-state index is 13.7. The van der Waals surface area contributed by atoms with E-state index in [-0.39, 0.29) is 15.3 Å². The second-order valence-corrected chi connectivity index (χ2v) is 5.88. The summed E-state index contributed by atoms with van der Waals surface area (Å²) in [5, 5.41) is 2.32. The molecule has 0 unspecified atom stereocenters. The van der Waals surface area contributed by atoms with Gasteiger partial charge in [0.05, 0.1) is 5.69 Å². The highest BCUT2D eigenvalue weighted by atomic mass is 79.9. The molecule has 8 heteroatoms. The second kappa shape index (κ2) is 6.15. The van der Waals surface area contributed by atoms with Gasteiger partial charge in [-0.2, -0.15) is 0 Å². The Hall–Kier alpha value is -1.05.